The fraction of sp³-hybridized carbons (Fsp3) is 0.125. The second kappa shape index (κ2) is 2.47. The van der Waals surface area contributed by atoms with Gasteiger partial charge in [-0.3, -0.25) is 0 Å². The lowest BCUT2D eigenvalue weighted by atomic mass is 10.4. The second-order valence-corrected chi connectivity index (χ2v) is 3.67. The molecule has 0 aromatic carbocycles. The Kier molecular flexibility index (Phi) is 1.59. The minimum absolute atomic E-state index is 0.825. The monoisotopic (exact) mass is 184 g/mol. The summed E-state index contributed by atoms with van der Waals surface area (Å²) in [5.74, 6) is 0. The van der Waals surface area contributed by atoms with Gasteiger partial charge in [0, 0.05) is 13.0 Å². The minimum Gasteiger partial charge on any atom is -0.154 e. The molecule has 1 nitrogen and oxygen atoms in total. The van der Waals surface area contributed by atoms with E-state index in [1.54, 1.807) is 11.3 Å². The van der Waals surface area contributed by atoms with Crippen LogP contribution in [0.15, 0.2) is 23.7 Å². The number of nitrogens with zero attached hydrogens (tertiary/aromatic N) is 1. The maximum absolute atomic E-state index is 5.96. The molecule has 0 fully saturated rings. The predicted molar refractivity (Wildman–Crippen MR) is 47.2 cm³/mol. The molecule has 0 aliphatic carbocycles. The summed E-state index contributed by atoms with van der Waals surface area (Å²) < 4.78 is 2.09. The zero-order chi connectivity index (χ0) is 7.84. The van der Waals surface area contributed by atoms with Crippen LogP contribution in [0.2, 0.25) is 5.02 Å². The molecule has 11 heavy (non-hydrogen) atoms. The van der Waals surface area contributed by atoms with Gasteiger partial charge in [0.1, 0.15) is 5.02 Å². The average molecular weight is 185 g/mol. The first-order valence-electron chi connectivity index (χ1n) is 3.33. The van der Waals surface area contributed by atoms with Gasteiger partial charge in [0.15, 0.2) is 11.9 Å². The topological polar surface area (TPSA) is 4.10 Å². The largest absolute Gasteiger partial charge is 0.286 e. The Balaban J connectivity index is 2.94. The number of hydrogen-bond donors (Lipinski definition) is 0. The molecule has 0 aliphatic heterocycles. The molecule has 0 saturated carbocycles. The van der Waals surface area contributed by atoms with Gasteiger partial charge in [-0.1, -0.05) is 22.9 Å². The summed E-state index contributed by atoms with van der Waals surface area (Å²) in [6.45, 7) is 2.07. The Morgan fingerprint density at radius 1 is 1.55 bits per heavy atom. The van der Waals surface area contributed by atoms with Gasteiger partial charge in [-0.05, 0) is 6.07 Å². The Labute approximate surface area is 73.9 Å². The van der Waals surface area contributed by atoms with Crippen LogP contribution < -0.4 is 4.40 Å². The number of aryl methyl sites for hydroxylation is 1. The van der Waals surface area contributed by atoms with E-state index in [-0.39, 0.29) is 0 Å². The molecule has 0 bridgehead atoms. The first kappa shape index (κ1) is 7.07. The number of thiazole rings is 1. The Bertz CT molecular complexity index is 394. The number of rotatable bonds is 0. The van der Waals surface area contributed by atoms with Crippen molar-refractivity contribution in [1.82, 2.24) is 0 Å². The molecule has 0 spiro atoms. The van der Waals surface area contributed by atoms with Crippen molar-refractivity contribution in [2.75, 3.05) is 0 Å². The van der Waals surface area contributed by atoms with Crippen LogP contribution in [-0.4, -0.2) is 0 Å². The zero-order valence-electron chi connectivity index (χ0n) is 6.04. The quantitative estimate of drug-likeness (QED) is 0.554. The third-order valence-electron chi connectivity index (χ3n) is 1.62. The molecule has 0 amide bonds. The highest BCUT2D eigenvalue weighted by molar-refractivity contribution is 7.15. The summed E-state index contributed by atoms with van der Waals surface area (Å²) in [6, 6.07) is 3.86. The molecule has 0 atom stereocenters. The number of pyridine rings is 1. The highest BCUT2D eigenvalue weighted by atomic mass is 35.5. The molecule has 0 radical (unpaired) electrons. The summed E-state index contributed by atoms with van der Waals surface area (Å²) in [4.78, 5) is 1.12. The fourth-order valence-corrected chi connectivity index (χ4v) is 2.25. The van der Waals surface area contributed by atoms with Crippen molar-refractivity contribution in [3.8, 4) is 0 Å². The van der Waals surface area contributed by atoms with Crippen LogP contribution in [0.5, 0.6) is 0 Å². The molecule has 0 unspecified atom stereocenters. The van der Waals surface area contributed by atoms with Gasteiger partial charge in [-0.2, -0.15) is 4.40 Å². The molecule has 3 heteroatoms. The van der Waals surface area contributed by atoms with Crippen LogP contribution in [-0.2, 0) is 0 Å². The normalized spacial score (nSPS) is 10.7. The first-order chi connectivity index (χ1) is 5.29. The SMILES string of the molecule is Cc1csc2c(Cl)ccc[n+]12. The third kappa shape index (κ3) is 1.03. The molecule has 2 rings (SSSR count). The van der Waals surface area contributed by atoms with Crippen molar-refractivity contribution in [1.29, 1.82) is 0 Å². The maximum atomic E-state index is 5.96. The standard InChI is InChI=1S/C8H7ClNS/c1-6-5-11-8-7(9)3-2-4-10(6)8/h2-5H,1H3/q+1. The van der Waals surface area contributed by atoms with Gasteiger partial charge < -0.3 is 0 Å². The van der Waals surface area contributed by atoms with Crippen LogP contribution in [0.3, 0.4) is 0 Å². The number of fused-ring (bicyclic) bond motifs is 1. The predicted octanol–water partition coefficient (Wildman–Crippen LogP) is 2.45. The van der Waals surface area contributed by atoms with Crippen molar-refractivity contribution in [3.63, 3.8) is 0 Å². The van der Waals surface area contributed by atoms with E-state index in [1.165, 1.54) is 5.69 Å². The summed E-state index contributed by atoms with van der Waals surface area (Å²) in [7, 11) is 0. The molecular weight excluding hydrogens is 178 g/mol. The van der Waals surface area contributed by atoms with Gasteiger partial charge in [-0.15, -0.1) is 0 Å². The van der Waals surface area contributed by atoms with Crippen molar-refractivity contribution < 1.29 is 4.40 Å². The van der Waals surface area contributed by atoms with Gasteiger partial charge in [0.05, 0.1) is 5.38 Å². The number of aromatic nitrogens is 1. The Hall–Kier alpha value is -0.600. The van der Waals surface area contributed by atoms with Gasteiger partial charge in [0.2, 0.25) is 0 Å². The zero-order valence-corrected chi connectivity index (χ0v) is 7.62. The summed E-state index contributed by atoms with van der Waals surface area (Å²) in [5.41, 5.74) is 1.23. The lowest BCUT2D eigenvalue weighted by molar-refractivity contribution is -0.515. The van der Waals surface area contributed by atoms with E-state index in [1.807, 2.05) is 18.3 Å². The van der Waals surface area contributed by atoms with Crippen molar-refractivity contribution in [3.05, 3.63) is 34.4 Å². The molecule has 0 saturated heterocycles. The molecule has 2 heterocycles. The highest BCUT2D eigenvalue weighted by Gasteiger charge is 2.10. The highest BCUT2D eigenvalue weighted by Crippen LogP contribution is 2.18. The fourth-order valence-electron chi connectivity index (χ4n) is 1.06. The Morgan fingerprint density at radius 3 is 3.09 bits per heavy atom. The molecular formula is C8H7ClNS+. The number of halogens is 1. The van der Waals surface area contributed by atoms with Gasteiger partial charge >= 0.3 is 0 Å². The lowest BCUT2D eigenvalue weighted by Gasteiger charge is -1.84. The lowest BCUT2D eigenvalue weighted by Crippen LogP contribution is -2.20. The summed E-state index contributed by atoms with van der Waals surface area (Å²) >= 11 is 7.63. The molecule has 56 valence electrons. The van der Waals surface area contributed by atoms with Gasteiger partial charge in [-0.25, -0.2) is 0 Å². The molecule has 0 N–H and O–H groups in total. The Morgan fingerprint density at radius 2 is 2.36 bits per heavy atom. The van der Waals surface area contributed by atoms with E-state index in [0.29, 0.717) is 0 Å². The van der Waals surface area contributed by atoms with E-state index >= 15 is 0 Å². The van der Waals surface area contributed by atoms with Crippen LogP contribution >= 0.6 is 22.9 Å². The van der Waals surface area contributed by atoms with Crippen molar-refractivity contribution >= 4 is 27.8 Å². The first-order valence-corrected chi connectivity index (χ1v) is 4.59. The number of hydrogen-bond acceptors (Lipinski definition) is 1. The van der Waals surface area contributed by atoms with Crippen molar-refractivity contribution in [2.24, 2.45) is 0 Å². The van der Waals surface area contributed by atoms with E-state index in [9.17, 15) is 0 Å². The molecule has 0 aliphatic rings. The maximum Gasteiger partial charge on any atom is 0.286 e. The van der Waals surface area contributed by atoms with E-state index < -0.39 is 0 Å². The van der Waals surface area contributed by atoms with Gasteiger partial charge in [0.25, 0.3) is 4.83 Å². The van der Waals surface area contributed by atoms with Crippen LogP contribution in [0.1, 0.15) is 5.69 Å². The third-order valence-corrected chi connectivity index (χ3v) is 3.14. The van der Waals surface area contributed by atoms with E-state index in [4.69, 9.17) is 11.6 Å². The van der Waals surface area contributed by atoms with Crippen molar-refractivity contribution in [2.45, 2.75) is 6.92 Å². The summed E-state index contributed by atoms with van der Waals surface area (Å²) in [6.07, 6.45) is 2.02. The smallest absolute Gasteiger partial charge is 0.154 e. The molecule has 2 aromatic rings. The second-order valence-electron chi connectivity index (χ2n) is 2.41. The van der Waals surface area contributed by atoms with E-state index in [0.717, 1.165) is 9.85 Å². The summed E-state index contributed by atoms with van der Waals surface area (Å²) in [5, 5.41) is 2.92. The average Bonchev–Trinajstić information content (AvgIpc) is 2.35. The minimum atomic E-state index is 0.825. The van der Waals surface area contributed by atoms with Crippen LogP contribution in [0.4, 0.5) is 0 Å². The van der Waals surface area contributed by atoms with Crippen LogP contribution in [0.25, 0.3) is 4.83 Å². The van der Waals surface area contributed by atoms with Crippen LogP contribution in [0, 0.1) is 6.92 Å². The van der Waals surface area contributed by atoms with E-state index in [2.05, 4.69) is 16.7 Å². The molecule has 2 aromatic heterocycles.